The van der Waals surface area contributed by atoms with Crippen molar-refractivity contribution < 1.29 is 14.5 Å². The van der Waals surface area contributed by atoms with Crippen molar-refractivity contribution in [1.29, 1.82) is 0 Å². The largest absolute Gasteiger partial charge is 0.483 e. The van der Waals surface area contributed by atoms with Crippen LogP contribution in [0.25, 0.3) is 0 Å². The van der Waals surface area contributed by atoms with E-state index in [4.69, 9.17) is 4.74 Å². The number of nitro benzene ring substituents is 1. The van der Waals surface area contributed by atoms with E-state index in [-0.39, 0.29) is 18.2 Å². The zero-order valence-electron chi connectivity index (χ0n) is 15.3. The summed E-state index contributed by atoms with van der Waals surface area (Å²) in [5, 5.41) is 10.7. The Kier molecular flexibility index (Phi) is 5.90. The first-order chi connectivity index (χ1) is 13.1. The molecule has 0 N–H and O–H groups in total. The second-order valence-corrected chi connectivity index (χ2v) is 6.39. The highest BCUT2D eigenvalue weighted by molar-refractivity contribution is 5.78. The summed E-state index contributed by atoms with van der Waals surface area (Å²) in [7, 11) is 0. The maximum absolute atomic E-state index is 12.4. The van der Waals surface area contributed by atoms with Crippen LogP contribution >= 0.6 is 0 Å². The molecule has 27 heavy (non-hydrogen) atoms. The van der Waals surface area contributed by atoms with Crippen LogP contribution < -0.4 is 9.64 Å². The lowest BCUT2D eigenvalue weighted by molar-refractivity contribution is -0.384. The maximum Gasteiger partial charge on any atom is 0.269 e. The van der Waals surface area contributed by atoms with Gasteiger partial charge < -0.3 is 14.5 Å². The maximum atomic E-state index is 12.4. The lowest BCUT2D eigenvalue weighted by Crippen LogP contribution is -2.50. The molecule has 3 rings (SSSR count). The van der Waals surface area contributed by atoms with Gasteiger partial charge in [-0.2, -0.15) is 0 Å². The minimum atomic E-state index is -0.406. The Morgan fingerprint density at radius 1 is 1.07 bits per heavy atom. The fourth-order valence-electron chi connectivity index (χ4n) is 3.17. The van der Waals surface area contributed by atoms with Crippen LogP contribution in [0, 0.1) is 10.1 Å². The van der Waals surface area contributed by atoms with Crippen molar-refractivity contribution in [3.63, 3.8) is 0 Å². The van der Waals surface area contributed by atoms with Crippen molar-refractivity contribution in [2.45, 2.75) is 13.3 Å². The lowest BCUT2D eigenvalue weighted by Gasteiger charge is -2.36. The van der Waals surface area contributed by atoms with E-state index in [2.05, 4.69) is 11.8 Å². The first-order valence-corrected chi connectivity index (χ1v) is 9.06. The van der Waals surface area contributed by atoms with Crippen LogP contribution in [0.15, 0.2) is 48.5 Å². The number of nitrogens with zero attached hydrogens (tertiary/aromatic N) is 3. The van der Waals surface area contributed by atoms with Crippen molar-refractivity contribution in [2.75, 3.05) is 37.7 Å². The summed E-state index contributed by atoms with van der Waals surface area (Å²) in [6, 6.07) is 14.3. The summed E-state index contributed by atoms with van der Waals surface area (Å²) >= 11 is 0. The minimum absolute atomic E-state index is 0.0238. The van der Waals surface area contributed by atoms with Gasteiger partial charge in [0.1, 0.15) is 5.75 Å². The zero-order valence-corrected chi connectivity index (χ0v) is 15.3. The predicted octanol–water partition coefficient (Wildman–Crippen LogP) is 2.88. The summed E-state index contributed by atoms with van der Waals surface area (Å²) in [6.07, 6.45) is 0.859. The number of hydrogen-bond acceptors (Lipinski definition) is 5. The van der Waals surface area contributed by atoms with E-state index in [1.165, 1.54) is 12.1 Å². The highest BCUT2D eigenvalue weighted by atomic mass is 16.6. The lowest BCUT2D eigenvalue weighted by atomic mass is 10.1. The number of amides is 1. The smallest absolute Gasteiger partial charge is 0.269 e. The van der Waals surface area contributed by atoms with Gasteiger partial charge in [0.15, 0.2) is 6.61 Å². The van der Waals surface area contributed by atoms with Crippen LogP contribution in [0.3, 0.4) is 0 Å². The van der Waals surface area contributed by atoms with E-state index in [0.717, 1.165) is 23.4 Å². The molecule has 0 spiro atoms. The third kappa shape index (κ3) is 4.55. The van der Waals surface area contributed by atoms with E-state index in [0.29, 0.717) is 26.2 Å². The summed E-state index contributed by atoms with van der Waals surface area (Å²) in [6.45, 7) is 4.68. The molecule has 1 saturated heterocycles. The molecule has 7 heteroatoms. The molecular weight excluding hydrogens is 346 g/mol. The number of piperazine rings is 1. The molecule has 2 aromatic carbocycles. The molecular formula is C20H23N3O4. The van der Waals surface area contributed by atoms with Gasteiger partial charge in [0.2, 0.25) is 0 Å². The van der Waals surface area contributed by atoms with Crippen molar-refractivity contribution in [3.8, 4) is 5.75 Å². The summed E-state index contributed by atoms with van der Waals surface area (Å²) < 4.78 is 5.72. The standard InChI is InChI=1S/C20H23N3O4/c1-2-16-5-3-4-6-19(16)27-15-20(24)22-13-11-21(12-14-22)17-7-9-18(10-8-17)23(25)26/h3-10H,2,11-15H2,1H3. The van der Waals surface area contributed by atoms with E-state index < -0.39 is 4.92 Å². The highest BCUT2D eigenvalue weighted by Gasteiger charge is 2.22. The number of benzene rings is 2. The second-order valence-electron chi connectivity index (χ2n) is 6.39. The fraction of sp³-hybridized carbons (Fsp3) is 0.350. The Balaban J connectivity index is 1.51. The molecule has 0 bridgehead atoms. The first kappa shape index (κ1) is 18.7. The van der Waals surface area contributed by atoms with Crippen molar-refractivity contribution >= 4 is 17.3 Å². The third-order valence-electron chi connectivity index (χ3n) is 4.76. The van der Waals surface area contributed by atoms with Crippen LogP contribution in [-0.4, -0.2) is 48.5 Å². The van der Waals surface area contributed by atoms with Gasteiger partial charge in [-0.25, -0.2) is 0 Å². The van der Waals surface area contributed by atoms with Gasteiger partial charge in [-0.3, -0.25) is 14.9 Å². The van der Waals surface area contributed by atoms with Gasteiger partial charge in [-0.05, 0) is 30.2 Å². The average Bonchev–Trinajstić information content (AvgIpc) is 2.72. The van der Waals surface area contributed by atoms with Gasteiger partial charge in [0.05, 0.1) is 4.92 Å². The van der Waals surface area contributed by atoms with Crippen LogP contribution in [0.4, 0.5) is 11.4 Å². The molecule has 142 valence electrons. The number of ether oxygens (including phenoxy) is 1. The molecule has 2 aromatic rings. The number of carbonyl (C=O) groups is 1. The molecule has 1 aliphatic heterocycles. The summed E-state index contributed by atoms with van der Waals surface area (Å²) in [5.41, 5.74) is 2.10. The molecule has 1 aliphatic rings. The van der Waals surface area contributed by atoms with Gasteiger partial charge in [0.25, 0.3) is 11.6 Å². The van der Waals surface area contributed by atoms with E-state index in [1.54, 1.807) is 17.0 Å². The van der Waals surface area contributed by atoms with Gasteiger partial charge in [-0.1, -0.05) is 25.1 Å². The Morgan fingerprint density at radius 2 is 1.74 bits per heavy atom. The first-order valence-electron chi connectivity index (χ1n) is 9.06. The summed E-state index contributed by atoms with van der Waals surface area (Å²) in [5.74, 6) is 0.738. The van der Waals surface area contributed by atoms with Crippen molar-refractivity contribution in [2.24, 2.45) is 0 Å². The molecule has 7 nitrogen and oxygen atoms in total. The molecule has 0 radical (unpaired) electrons. The Bertz CT molecular complexity index is 799. The normalized spacial score (nSPS) is 14.1. The van der Waals surface area contributed by atoms with Crippen LogP contribution in [0.5, 0.6) is 5.75 Å². The van der Waals surface area contributed by atoms with Crippen molar-refractivity contribution in [1.82, 2.24) is 4.90 Å². The molecule has 1 heterocycles. The minimum Gasteiger partial charge on any atom is -0.483 e. The molecule has 1 fully saturated rings. The number of rotatable bonds is 6. The van der Waals surface area contributed by atoms with Crippen LogP contribution in [-0.2, 0) is 11.2 Å². The Morgan fingerprint density at radius 3 is 2.37 bits per heavy atom. The number of aryl methyl sites for hydroxylation is 1. The average molecular weight is 369 g/mol. The van der Waals surface area contributed by atoms with Gasteiger partial charge in [-0.15, -0.1) is 0 Å². The number of carbonyl (C=O) groups excluding carboxylic acids is 1. The van der Waals surface area contributed by atoms with Crippen molar-refractivity contribution in [3.05, 3.63) is 64.2 Å². The zero-order chi connectivity index (χ0) is 19.2. The monoisotopic (exact) mass is 369 g/mol. The Labute approximate surface area is 158 Å². The number of anilines is 1. The topological polar surface area (TPSA) is 75.9 Å². The molecule has 0 aromatic heterocycles. The van der Waals surface area contributed by atoms with Crippen LogP contribution in [0.2, 0.25) is 0 Å². The number of hydrogen-bond donors (Lipinski definition) is 0. The highest BCUT2D eigenvalue weighted by Crippen LogP contribution is 2.21. The molecule has 0 saturated carbocycles. The number of para-hydroxylation sites is 1. The van der Waals surface area contributed by atoms with Gasteiger partial charge in [0, 0.05) is 44.0 Å². The van der Waals surface area contributed by atoms with E-state index in [9.17, 15) is 14.9 Å². The van der Waals surface area contributed by atoms with E-state index in [1.807, 2.05) is 24.3 Å². The number of non-ortho nitro benzene ring substituents is 1. The SMILES string of the molecule is CCc1ccccc1OCC(=O)N1CCN(c2ccc([N+](=O)[O-])cc2)CC1. The predicted molar refractivity (Wildman–Crippen MR) is 103 cm³/mol. The number of nitro groups is 1. The van der Waals surface area contributed by atoms with Gasteiger partial charge >= 0.3 is 0 Å². The quantitative estimate of drug-likeness (QED) is 0.578. The van der Waals surface area contributed by atoms with E-state index >= 15 is 0 Å². The summed E-state index contributed by atoms with van der Waals surface area (Å²) in [4.78, 5) is 26.7. The molecule has 0 atom stereocenters. The second kappa shape index (κ2) is 8.53. The van der Waals surface area contributed by atoms with Crippen LogP contribution in [0.1, 0.15) is 12.5 Å². The third-order valence-corrected chi connectivity index (χ3v) is 4.76. The fourth-order valence-corrected chi connectivity index (χ4v) is 3.17. The molecule has 0 unspecified atom stereocenters. The molecule has 1 amide bonds. The molecule has 0 aliphatic carbocycles. The Hall–Kier alpha value is -3.09.